The minimum atomic E-state index is -1.10. The molecule has 0 bridgehead atoms. The molecule has 1 heterocycles. The third-order valence-electron chi connectivity index (χ3n) is 4.75. The molecule has 0 aliphatic carbocycles. The van der Waals surface area contributed by atoms with Crippen LogP contribution in [0.2, 0.25) is 0 Å². The number of methoxy groups -OCH3 is 2. The minimum Gasteiger partial charge on any atom is -0.473 e. The number of Topliss-reactive ketones (excluding diaryl/α,β-unsaturated/α-hetero) is 1. The fraction of sp³-hybridized carbons (Fsp3) is 0.381. The monoisotopic (exact) mass is 340 g/mol. The Bertz CT molecular complexity index is 817. The summed E-state index contributed by atoms with van der Waals surface area (Å²) in [4.78, 5) is 13.2. The second kappa shape index (κ2) is 6.62. The Labute approximate surface area is 148 Å². The largest absolute Gasteiger partial charge is 0.473 e. The van der Waals surface area contributed by atoms with Crippen LogP contribution in [-0.2, 0) is 9.47 Å². The normalized spacial score (nSPS) is 15.2. The van der Waals surface area contributed by atoms with E-state index in [1.165, 1.54) is 5.56 Å². The lowest BCUT2D eigenvalue weighted by Gasteiger charge is -2.25. The maximum Gasteiger partial charge on any atom is 0.217 e. The minimum absolute atomic E-state index is 0.0717. The van der Waals surface area contributed by atoms with E-state index >= 15 is 0 Å². The molecule has 3 rings (SSSR count). The molecule has 0 aromatic heterocycles. The van der Waals surface area contributed by atoms with Gasteiger partial charge in [0.1, 0.15) is 5.75 Å². The molecule has 2 aromatic carbocycles. The average molecular weight is 340 g/mol. The molecule has 132 valence electrons. The van der Waals surface area contributed by atoms with Crippen molar-refractivity contribution in [3.63, 3.8) is 0 Å². The van der Waals surface area contributed by atoms with Crippen molar-refractivity contribution in [1.29, 1.82) is 0 Å². The van der Waals surface area contributed by atoms with E-state index < -0.39 is 5.60 Å². The van der Waals surface area contributed by atoms with Gasteiger partial charge in [0.25, 0.3) is 0 Å². The number of ketones is 1. The van der Waals surface area contributed by atoms with Crippen molar-refractivity contribution in [2.24, 2.45) is 0 Å². The molecule has 0 saturated heterocycles. The van der Waals surface area contributed by atoms with Crippen LogP contribution < -0.4 is 4.74 Å². The number of carbonyl (C=O) groups is 1. The van der Waals surface area contributed by atoms with Crippen LogP contribution in [0.1, 0.15) is 27.0 Å². The van der Waals surface area contributed by atoms with E-state index in [0.717, 1.165) is 22.3 Å². The third-order valence-corrected chi connectivity index (χ3v) is 4.75. The van der Waals surface area contributed by atoms with E-state index in [-0.39, 0.29) is 19.0 Å². The summed E-state index contributed by atoms with van der Waals surface area (Å²) in [5.41, 5.74) is 4.95. The summed E-state index contributed by atoms with van der Waals surface area (Å²) in [5, 5.41) is 0. The highest BCUT2D eigenvalue weighted by Gasteiger charge is 2.49. The smallest absolute Gasteiger partial charge is 0.217 e. The summed E-state index contributed by atoms with van der Waals surface area (Å²) in [6.07, 6.45) is 0. The molecular weight excluding hydrogens is 316 g/mol. The molecule has 2 aromatic rings. The first-order valence-corrected chi connectivity index (χ1v) is 8.36. The van der Waals surface area contributed by atoms with Gasteiger partial charge in [-0.2, -0.15) is 0 Å². The van der Waals surface area contributed by atoms with E-state index in [0.29, 0.717) is 11.3 Å². The highest BCUT2D eigenvalue weighted by Crippen LogP contribution is 2.43. The molecule has 0 atom stereocenters. The standard InChI is InChI=1S/C21H24O4/c1-13-7-6-8-16(9-13)18-14(2)10-17-19(15(18)3)20(22)21(25-17,11-23-4)12-24-5/h6-10H,11-12H2,1-5H3. The van der Waals surface area contributed by atoms with E-state index in [9.17, 15) is 4.79 Å². The van der Waals surface area contributed by atoms with E-state index in [4.69, 9.17) is 14.2 Å². The summed E-state index contributed by atoms with van der Waals surface area (Å²) in [6.45, 7) is 6.42. The molecule has 0 radical (unpaired) electrons. The van der Waals surface area contributed by atoms with Gasteiger partial charge in [0, 0.05) is 14.2 Å². The van der Waals surface area contributed by atoms with Gasteiger partial charge < -0.3 is 14.2 Å². The summed E-state index contributed by atoms with van der Waals surface area (Å²) < 4.78 is 16.6. The van der Waals surface area contributed by atoms with Crippen molar-refractivity contribution < 1.29 is 19.0 Å². The first-order valence-electron chi connectivity index (χ1n) is 8.36. The second-order valence-electron chi connectivity index (χ2n) is 6.73. The van der Waals surface area contributed by atoms with Crippen LogP contribution in [0.25, 0.3) is 11.1 Å². The van der Waals surface area contributed by atoms with Crippen molar-refractivity contribution >= 4 is 5.78 Å². The molecular formula is C21H24O4. The Hall–Kier alpha value is -2.17. The molecule has 1 aliphatic heterocycles. The predicted octanol–water partition coefficient (Wildman–Crippen LogP) is 3.89. The Kier molecular flexibility index (Phi) is 4.67. The molecule has 0 unspecified atom stereocenters. The Morgan fingerprint density at radius 2 is 1.68 bits per heavy atom. The predicted molar refractivity (Wildman–Crippen MR) is 97.5 cm³/mol. The summed E-state index contributed by atoms with van der Waals surface area (Å²) in [6, 6.07) is 10.3. The lowest BCUT2D eigenvalue weighted by atomic mass is 9.87. The molecule has 0 saturated carbocycles. The highest BCUT2D eigenvalue weighted by molar-refractivity contribution is 6.10. The average Bonchev–Trinajstić information content (AvgIpc) is 2.80. The van der Waals surface area contributed by atoms with Gasteiger partial charge in [-0.15, -0.1) is 0 Å². The molecule has 0 fully saturated rings. The molecule has 0 spiro atoms. The van der Waals surface area contributed by atoms with Crippen LogP contribution in [0, 0.1) is 20.8 Å². The van der Waals surface area contributed by atoms with Crippen LogP contribution >= 0.6 is 0 Å². The molecule has 0 amide bonds. The van der Waals surface area contributed by atoms with Crippen molar-refractivity contribution in [3.8, 4) is 16.9 Å². The van der Waals surface area contributed by atoms with Crippen LogP contribution in [-0.4, -0.2) is 38.8 Å². The number of ether oxygens (including phenoxy) is 3. The van der Waals surface area contributed by atoms with Crippen LogP contribution in [0.3, 0.4) is 0 Å². The SMILES string of the molecule is COCC1(COC)Oc2cc(C)c(-c3cccc(C)c3)c(C)c2C1=O. The van der Waals surface area contributed by atoms with Gasteiger partial charge in [-0.05, 0) is 49.1 Å². The maximum absolute atomic E-state index is 13.2. The Balaban J connectivity index is 2.16. The van der Waals surface area contributed by atoms with Gasteiger partial charge in [-0.3, -0.25) is 4.79 Å². The summed E-state index contributed by atoms with van der Waals surface area (Å²) in [5.74, 6) is 0.545. The number of aryl methyl sites for hydroxylation is 2. The van der Waals surface area contributed by atoms with E-state index in [2.05, 4.69) is 25.1 Å². The zero-order valence-electron chi connectivity index (χ0n) is 15.4. The van der Waals surface area contributed by atoms with Gasteiger partial charge in [0.15, 0.2) is 0 Å². The molecule has 25 heavy (non-hydrogen) atoms. The summed E-state index contributed by atoms with van der Waals surface area (Å²) >= 11 is 0. The fourth-order valence-corrected chi connectivity index (χ4v) is 3.74. The Morgan fingerprint density at radius 3 is 2.28 bits per heavy atom. The van der Waals surface area contributed by atoms with Gasteiger partial charge in [-0.25, -0.2) is 0 Å². The molecule has 4 heteroatoms. The van der Waals surface area contributed by atoms with Crippen molar-refractivity contribution in [1.82, 2.24) is 0 Å². The van der Waals surface area contributed by atoms with E-state index in [1.807, 2.05) is 26.0 Å². The highest BCUT2D eigenvalue weighted by atomic mass is 16.6. The lowest BCUT2D eigenvalue weighted by Crippen LogP contribution is -2.48. The zero-order valence-corrected chi connectivity index (χ0v) is 15.4. The van der Waals surface area contributed by atoms with Crippen molar-refractivity contribution in [2.75, 3.05) is 27.4 Å². The molecule has 4 nitrogen and oxygen atoms in total. The van der Waals surface area contributed by atoms with E-state index in [1.54, 1.807) is 14.2 Å². The number of rotatable bonds is 5. The third kappa shape index (κ3) is 2.86. The number of hydrogen-bond donors (Lipinski definition) is 0. The van der Waals surface area contributed by atoms with Crippen LogP contribution in [0.5, 0.6) is 5.75 Å². The molecule has 0 N–H and O–H groups in total. The van der Waals surface area contributed by atoms with Crippen molar-refractivity contribution in [2.45, 2.75) is 26.4 Å². The Morgan fingerprint density at radius 1 is 1.00 bits per heavy atom. The first-order chi connectivity index (χ1) is 11.9. The van der Waals surface area contributed by atoms with Crippen molar-refractivity contribution in [3.05, 3.63) is 52.6 Å². The second-order valence-corrected chi connectivity index (χ2v) is 6.73. The summed E-state index contributed by atoms with van der Waals surface area (Å²) in [7, 11) is 3.13. The number of benzene rings is 2. The maximum atomic E-state index is 13.2. The van der Waals surface area contributed by atoms with Gasteiger partial charge >= 0.3 is 0 Å². The van der Waals surface area contributed by atoms with Crippen LogP contribution in [0.4, 0.5) is 0 Å². The number of fused-ring (bicyclic) bond motifs is 1. The van der Waals surface area contributed by atoms with Gasteiger partial charge in [0.05, 0.1) is 18.8 Å². The topological polar surface area (TPSA) is 44.8 Å². The molecule has 1 aliphatic rings. The fourth-order valence-electron chi connectivity index (χ4n) is 3.74. The van der Waals surface area contributed by atoms with Gasteiger partial charge in [0.2, 0.25) is 11.4 Å². The van der Waals surface area contributed by atoms with Gasteiger partial charge in [-0.1, -0.05) is 29.8 Å². The van der Waals surface area contributed by atoms with Crippen LogP contribution in [0.15, 0.2) is 30.3 Å². The number of carbonyl (C=O) groups excluding carboxylic acids is 1. The first kappa shape index (κ1) is 17.6. The lowest BCUT2D eigenvalue weighted by molar-refractivity contribution is -0.0299. The quantitative estimate of drug-likeness (QED) is 0.828. The number of hydrogen-bond acceptors (Lipinski definition) is 4. The zero-order chi connectivity index (χ0) is 18.2.